The summed E-state index contributed by atoms with van der Waals surface area (Å²) in [6, 6.07) is 8.75. The standard InChI is InChI=1S/C38H46N6O7S/c1-6-43-31-12-11-23-15-26(31)27(34(43)25-9-7-13-39-33(25)22(2)48-5)17-38(3,4)21-50-36(46)28-10-8-14-44(42-28)35(45)29(16-32-40-30(23)20-52-32)41-37(47)51-24-18-49-19-24/h7,9,11-13,15,20,22,24,28-29,42H,6,8,10,14,16-19,21H2,1-5H3,(H,41,47)/t22-,28-,29-/m0/s1. The summed E-state index contributed by atoms with van der Waals surface area (Å²) >= 11 is 1.43. The molecule has 0 spiro atoms. The third-order valence-electron chi connectivity index (χ3n) is 10.0. The Hall–Kier alpha value is -4.37. The van der Waals surface area contributed by atoms with E-state index >= 15 is 0 Å². The first-order chi connectivity index (χ1) is 25.0. The lowest BCUT2D eigenvalue weighted by atomic mass is 9.84. The lowest BCUT2D eigenvalue weighted by Crippen LogP contribution is -2.60. The molecule has 4 aromatic rings. The highest BCUT2D eigenvalue weighted by atomic mass is 32.1. The van der Waals surface area contributed by atoms with Crippen LogP contribution in [0.5, 0.6) is 0 Å². The number of nitrogens with one attached hydrogen (secondary N) is 2. The fourth-order valence-corrected chi connectivity index (χ4v) is 8.02. The van der Waals surface area contributed by atoms with Crippen molar-refractivity contribution in [2.24, 2.45) is 5.41 Å². The Morgan fingerprint density at radius 3 is 2.81 bits per heavy atom. The molecule has 3 aliphatic rings. The Labute approximate surface area is 307 Å². The number of pyridine rings is 1. The van der Waals surface area contributed by atoms with Gasteiger partial charge in [-0.3, -0.25) is 19.6 Å². The van der Waals surface area contributed by atoms with Crippen molar-refractivity contribution in [3.05, 3.63) is 58.2 Å². The number of hydrazine groups is 1. The molecule has 6 bridgehead atoms. The maximum atomic E-state index is 14.0. The van der Waals surface area contributed by atoms with E-state index in [0.717, 1.165) is 51.2 Å². The van der Waals surface area contributed by atoms with Gasteiger partial charge in [-0.05, 0) is 62.9 Å². The predicted molar refractivity (Wildman–Crippen MR) is 195 cm³/mol. The van der Waals surface area contributed by atoms with Crippen molar-refractivity contribution >= 4 is 40.2 Å². The third-order valence-corrected chi connectivity index (χ3v) is 10.9. The van der Waals surface area contributed by atoms with Crippen molar-refractivity contribution in [3.63, 3.8) is 0 Å². The molecule has 7 rings (SSSR count). The summed E-state index contributed by atoms with van der Waals surface area (Å²) in [6.45, 7) is 10.2. The molecule has 6 heterocycles. The van der Waals surface area contributed by atoms with Gasteiger partial charge in [-0.25, -0.2) is 15.2 Å². The molecule has 2 saturated heterocycles. The number of amides is 2. The molecule has 14 heteroatoms. The Bertz CT molecular complexity index is 1970. The van der Waals surface area contributed by atoms with Crippen molar-refractivity contribution < 1.29 is 33.3 Å². The van der Waals surface area contributed by atoms with Gasteiger partial charge in [0.2, 0.25) is 0 Å². The molecular formula is C38H46N6O7S. The highest BCUT2D eigenvalue weighted by molar-refractivity contribution is 7.10. The van der Waals surface area contributed by atoms with Crippen LogP contribution in [0.1, 0.15) is 62.9 Å². The number of hydrogen-bond acceptors (Lipinski definition) is 11. The Morgan fingerprint density at radius 2 is 2.06 bits per heavy atom. The number of methoxy groups -OCH3 is 1. The summed E-state index contributed by atoms with van der Waals surface area (Å²) in [4.78, 5) is 50.2. The molecule has 0 saturated carbocycles. The van der Waals surface area contributed by atoms with E-state index in [-0.39, 0.29) is 31.1 Å². The van der Waals surface area contributed by atoms with Gasteiger partial charge >= 0.3 is 12.1 Å². The van der Waals surface area contributed by atoms with Crippen LogP contribution in [0, 0.1) is 5.41 Å². The Kier molecular flexibility index (Phi) is 10.3. The molecule has 0 unspecified atom stereocenters. The minimum Gasteiger partial charge on any atom is -0.464 e. The van der Waals surface area contributed by atoms with Crippen LogP contribution in [-0.2, 0) is 47.9 Å². The van der Waals surface area contributed by atoms with E-state index in [1.807, 2.05) is 18.4 Å². The lowest BCUT2D eigenvalue weighted by Gasteiger charge is -2.35. The zero-order valence-electron chi connectivity index (χ0n) is 30.3. The van der Waals surface area contributed by atoms with Crippen molar-refractivity contribution in [1.82, 2.24) is 30.3 Å². The van der Waals surface area contributed by atoms with Crippen LogP contribution in [-0.4, -0.2) is 89.2 Å². The first kappa shape index (κ1) is 36.0. The normalized spacial score (nSPS) is 21.6. The van der Waals surface area contributed by atoms with Crippen LogP contribution in [0.15, 0.2) is 41.9 Å². The second kappa shape index (κ2) is 14.9. The number of aromatic nitrogens is 3. The van der Waals surface area contributed by atoms with Crippen molar-refractivity contribution in [2.45, 2.75) is 84.2 Å². The van der Waals surface area contributed by atoms with E-state index in [2.05, 4.69) is 60.3 Å². The van der Waals surface area contributed by atoms with Crippen molar-refractivity contribution in [1.29, 1.82) is 0 Å². The molecule has 13 nitrogen and oxygen atoms in total. The summed E-state index contributed by atoms with van der Waals surface area (Å²) in [7, 11) is 1.69. The number of hydrogen-bond donors (Lipinski definition) is 2. The van der Waals surface area contributed by atoms with Gasteiger partial charge in [-0.1, -0.05) is 19.9 Å². The number of nitrogens with zero attached hydrogens (tertiary/aromatic N) is 4. The molecule has 0 radical (unpaired) electrons. The maximum absolute atomic E-state index is 14.0. The Balaban J connectivity index is 1.34. The summed E-state index contributed by atoms with van der Waals surface area (Å²) in [6.07, 6.45) is 2.37. The summed E-state index contributed by atoms with van der Waals surface area (Å²) < 4.78 is 24.7. The molecule has 1 aromatic carbocycles. The third kappa shape index (κ3) is 7.29. The monoisotopic (exact) mass is 730 g/mol. The Morgan fingerprint density at radius 1 is 1.23 bits per heavy atom. The van der Waals surface area contributed by atoms with Crippen molar-refractivity contribution in [2.75, 3.05) is 33.5 Å². The average Bonchev–Trinajstić information content (AvgIpc) is 3.72. The number of benzene rings is 1. The molecular weight excluding hydrogens is 685 g/mol. The van der Waals surface area contributed by atoms with E-state index in [9.17, 15) is 14.4 Å². The van der Waals surface area contributed by atoms with E-state index in [1.54, 1.807) is 13.3 Å². The van der Waals surface area contributed by atoms with Gasteiger partial charge in [0.05, 0.1) is 48.0 Å². The fraction of sp³-hybridized carbons (Fsp3) is 0.500. The van der Waals surface area contributed by atoms with Gasteiger partial charge in [0.15, 0.2) is 6.10 Å². The van der Waals surface area contributed by atoms with Crippen LogP contribution in [0.25, 0.3) is 33.4 Å². The number of alkyl carbamates (subject to hydrolysis) is 1. The molecule has 2 amide bonds. The van der Waals surface area contributed by atoms with E-state index in [1.165, 1.54) is 16.3 Å². The van der Waals surface area contributed by atoms with Gasteiger partial charge < -0.3 is 28.8 Å². The predicted octanol–water partition coefficient (Wildman–Crippen LogP) is 5.21. The minimum atomic E-state index is -0.981. The van der Waals surface area contributed by atoms with Crippen LogP contribution in [0.3, 0.4) is 0 Å². The van der Waals surface area contributed by atoms with E-state index in [0.29, 0.717) is 44.0 Å². The van der Waals surface area contributed by atoms with Crippen LogP contribution in [0.2, 0.25) is 0 Å². The first-order valence-electron chi connectivity index (χ1n) is 17.9. The number of fused-ring (bicyclic) bond motifs is 6. The number of thiazole rings is 1. The number of rotatable bonds is 6. The maximum Gasteiger partial charge on any atom is 0.408 e. The molecule has 276 valence electrons. The molecule has 52 heavy (non-hydrogen) atoms. The molecule has 2 fully saturated rings. The first-order valence-corrected chi connectivity index (χ1v) is 18.8. The smallest absolute Gasteiger partial charge is 0.408 e. The van der Waals surface area contributed by atoms with Gasteiger partial charge in [-0.2, -0.15) is 0 Å². The number of ether oxygens (including phenoxy) is 4. The molecule has 2 N–H and O–H groups in total. The highest BCUT2D eigenvalue weighted by Gasteiger charge is 2.36. The number of carbonyl (C=O) groups excluding carboxylic acids is 3. The average molecular weight is 731 g/mol. The quantitative estimate of drug-likeness (QED) is 0.254. The number of esters is 1. The summed E-state index contributed by atoms with van der Waals surface area (Å²) in [5, 5.41) is 7.92. The molecule has 0 aliphatic carbocycles. The van der Waals surface area contributed by atoms with Crippen LogP contribution >= 0.6 is 11.3 Å². The van der Waals surface area contributed by atoms with Gasteiger partial charge in [-0.15, -0.1) is 11.3 Å². The van der Waals surface area contributed by atoms with Crippen LogP contribution in [0.4, 0.5) is 4.79 Å². The van der Waals surface area contributed by atoms with E-state index in [4.69, 9.17) is 28.9 Å². The zero-order chi connectivity index (χ0) is 36.6. The molecule has 3 atom stereocenters. The fourth-order valence-electron chi connectivity index (χ4n) is 7.17. The summed E-state index contributed by atoms with van der Waals surface area (Å²) in [5.74, 6) is -0.804. The summed E-state index contributed by atoms with van der Waals surface area (Å²) in [5.41, 5.74) is 9.44. The van der Waals surface area contributed by atoms with Gasteiger partial charge in [0, 0.05) is 65.6 Å². The lowest BCUT2D eigenvalue weighted by molar-refractivity contribution is -0.155. The highest BCUT2D eigenvalue weighted by Crippen LogP contribution is 2.42. The minimum absolute atomic E-state index is 0.145. The number of aryl methyl sites for hydroxylation is 1. The SMILES string of the molecule is CCn1c(-c2cccnc2[C@H](C)OC)c2c3cc(ccc31)-c1csc(n1)C[C@H](NC(=O)OC1COC1)C(=O)N1CCC[C@H](N1)C(=O)OCC(C)(C)C2. The second-order valence-corrected chi connectivity index (χ2v) is 15.4. The molecule has 3 aromatic heterocycles. The largest absolute Gasteiger partial charge is 0.464 e. The van der Waals surface area contributed by atoms with Gasteiger partial charge in [0.25, 0.3) is 5.91 Å². The zero-order valence-corrected chi connectivity index (χ0v) is 31.1. The van der Waals surface area contributed by atoms with E-state index < -0.39 is 29.6 Å². The van der Waals surface area contributed by atoms with Gasteiger partial charge in [0.1, 0.15) is 12.1 Å². The van der Waals surface area contributed by atoms with Crippen molar-refractivity contribution in [3.8, 4) is 22.5 Å². The van der Waals surface area contributed by atoms with Crippen LogP contribution < -0.4 is 10.7 Å². The second-order valence-electron chi connectivity index (χ2n) is 14.5. The number of cyclic esters (lactones) is 1. The topological polar surface area (TPSA) is 146 Å². The number of carbonyl (C=O) groups is 3. The molecule has 3 aliphatic heterocycles.